The first-order chi connectivity index (χ1) is 32.9. The van der Waals surface area contributed by atoms with Gasteiger partial charge < -0.3 is 70.2 Å². The molecule has 1 aliphatic rings. The zero-order valence-electron chi connectivity index (χ0n) is 39.7. The monoisotopic (exact) mass is 976 g/mol. The van der Waals surface area contributed by atoms with Crippen LogP contribution >= 0.6 is 11.8 Å². The number of rotatable bonds is 37. The maximum absolute atomic E-state index is 12.9. The smallest absolute Gasteiger partial charge is 0.321 e. The van der Waals surface area contributed by atoms with Crippen LogP contribution in [0.4, 0.5) is 11.8 Å². The highest BCUT2D eigenvalue weighted by Crippen LogP contribution is 2.25. The summed E-state index contributed by atoms with van der Waals surface area (Å²) in [6, 6.07) is 7.47. The van der Waals surface area contributed by atoms with Crippen molar-refractivity contribution in [1.29, 1.82) is 0 Å². The van der Waals surface area contributed by atoms with Crippen molar-refractivity contribution >= 4 is 58.3 Å². The lowest BCUT2D eigenvalue weighted by Gasteiger charge is -2.35. The van der Waals surface area contributed by atoms with Crippen molar-refractivity contribution in [1.82, 2.24) is 29.7 Å². The Morgan fingerprint density at radius 2 is 1.40 bits per heavy atom. The van der Waals surface area contributed by atoms with E-state index < -0.39 is 29.1 Å². The number of benzene rings is 1. The zero-order valence-corrected chi connectivity index (χ0v) is 40.5. The average Bonchev–Trinajstić information content (AvgIpc) is 3.72. The van der Waals surface area contributed by atoms with Crippen molar-refractivity contribution < 1.29 is 57.8 Å². The van der Waals surface area contributed by atoms with Crippen molar-refractivity contribution in [2.24, 2.45) is 5.73 Å². The van der Waals surface area contributed by atoms with Crippen LogP contribution in [-0.4, -0.2) is 194 Å². The molecule has 1 aromatic carbocycles. The molecule has 0 saturated carbocycles. The van der Waals surface area contributed by atoms with Gasteiger partial charge in [-0.2, -0.15) is 4.98 Å². The number of fused-ring (bicyclic) bond motifs is 1. The van der Waals surface area contributed by atoms with Crippen molar-refractivity contribution in [3.8, 4) is 0 Å². The van der Waals surface area contributed by atoms with Crippen molar-refractivity contribution in [3.05, 3.63) is 47.2 Å². The Bertz CT molecular complexity index is 1970. The number of carboxylic acid groups (broad SMARTS) is 2. The third-order valence-electron chi connectivity index (χ3n) is 10.9. The molecule has 0 aliphatic carbocycles. The molecule has 22 heteroatoms. The van der Waals surface area contributed by atoms with Crippen molar-refractivity contribution in [2.75, 3.05) is 135 Å². The Hall–Kier alpha value is -4.65. The molecule has 2 aromatic heterocycles. The summed E-state index contributed by atoms with van der Waals surface area (Å²) in [6.07, 6.45) is 5.47. The number of nitrogens with two attached hydrogens (primary N) is 2. The van der Waals surface area contributed by atoms with E-state index in [4.69, 9.17) is 45.0 Å². The molecule has 68 heavy (non-hydrogen) atoms. The molecule has 3 heterocycles. The molecular formula is C46H73N9O12S. The van der Waals surface area contributed by atoms with E-state index in [2.05, 4.69) is 68.3 Å². The van der Waals surface area contributed by atoms with Crippen LogP contribution in [0.3, 0.4) is 0 Å². The highest BCUT2D eigenvalue weighted by atomic mass is 32.2. The predicted molar refractivity (Wildman–Crippen MR) is 259 cm³/mol. The van der Waals surface area contributed by atoms with E-state index in [1.807, 2.05) is 11.0 Å². The van der Waals surface area contributed by atoms with Gasteiger partial charge in [0.25, 0.3) is 0 Å². The Morgan fingerprint density at radius 3 is 1.99 bits per heavy atom. The molecule has 1 saturated heterocycles. The minimum absolute atomic E-state index is 0.107. The second-order valence-corrected chi connectivity index (χ2v) is 17.5. The number of nitrogens with zero attached hydrogens (tertiary/aromatic N) is 5. The topological polar surface area (TPSA) is 277 Å². The number of ether oxygens (including phenoxy) is 6. The van der Waals surface area contributed by atoms with Crippen LogP contribution in [-0.2, 0) is 60.7 Å². The minimum Gasteiger partial charge on any atom is -0.480 e. The van der Waals surface area contributed by atoms with Crippen LogP contribution in [0, 0.1) is 6.92 Å². The first kappa shape index (κ1) is 55.9. The number of piperazine rings is 1. The second-order valence-electron chi connectivity index (χ2n) is 16.2. The van der Waals surface area contributed by atoms with E-state index in [0.29, 0.717) is 98.7 Å². The third kappa shape index (κ3) is 21.3. The van der Waals surface area contributed by atoms with Gasteiger partial charge in [-0.3, -0.25) is 24.1 Å². The normalized spacial score (nSPS) is 14.0. The van der Waals surface area contributed by atoms with Crippen LogP contribution in [0.25, 0.3) is 11.0 Å². The van der Waals surface area contributed by atoms with E-state index >= 15 is 0 Å². The number of hydrogen-bond acceptors (Lipinski definition) is 17. The summed E-state index contributed by atoms with van der Waals surface area (Å²) in [5, 5.41) is 23.0. The standard InChI is InChI=1S/C46H73N9O12S/c1-3-4-5-10-50-43-42-38(51-46(48)52-43)8-12-55(42)32-36-7-6-35(29-34(36)2)31-53-13-15-54(16-14-53)41(57)9-17-62-19-21-64-23-25-66-27-28-67-26-24-65-22-20-63-18-11-49-40(56)30-39(45(60)61)68-33-37(47)44(58)59/h6-8,12,29,37,39H,3-5,9-11,13-28,30-33,47H2,1-2H3,(H,49,56)(H,58,59)(H,60,61)(H3,48,50,51,52)/t37-,39+/m0/s1. The van der Waals surface area contributed by atoms with Crippen molar-refractivity contribution in [3.63, 3.8) is 0 Å². The molecule has 0 unspecified atom stereocenters. The maximum atomic E-state index is 12.9. The van der Waals surface area contributed by atoms with Gasteiger partial charge in [0.1, 0.15) is 16.8 Å². The molecule has 0 spiro atoms. The van der Waals surface area contributed by atoms with Gasteiger partial charge in [0.05, 0.1) is 91.2 Å². The molecule has 2 atom stereocenters. The summed E-state index contributed by atoms with van der Waals surface area (Å²) in [6.45, 7) is 14.4. The number of nitrogens with one attached hydrogen (secondary N) is 2. The van der Waals surface area contributed by atoms with Crippen LogP contribution in [0.2, 0.25) is 0 Å². The van der Waals surface area contributed by atoms with Gasteiger partial charge in [-0.05, 0) is 36.1 Å². The van der Waals surface area contributed by atoms with Crippen molar-refractivity contribution in [2.45, 2.75) is 70.3 Å². The summed E-state index contributed by atoms with van der Waals surface area (Å²) in [4.78, 5) is 60.3. The van der Waals surface area contributed by atoms with Gasteiger partial charge in [-0.1, -0.05) is 38.0 Å². The molecule has 3 aromatic rings. The number of carbonyl (C=O) groups excluding carboxylic acids is 2. The maximum Gasteiger partial charge on any atom is 0.321 e. The number of amides is 2. The summed E-state index contributed by atoms with van der Waals surface area (Å²) < 4.78 is 35.2. The summed E-state index contributed by atoms with van der Waals surface area (Å²) in [7, 11) is 0. The lowest BCUT2D eigenvalue weighted by molar-refractivity contribution is -0.139. The highest BCUT2D eigenvalue weighted by Gasteiger charge is 2.25. The predicted octanol–water partition coefficient (Wildman–Crippen LogP) is 2.21. The fraction of sp³-hybridized carbons (Fsp3) is 0.652. The first-order valence-corrected chi connectivity index (χ1v) is 24.5. The van der Waals surface area contributed by atoms with Gasteiger partial charge in [0, 0.05) is 70.7 Å². The lowest BCUT2D eigenvalue weighted by atomic mass is 10.0. The fourth-order valence-corrected chi connectivity index (χ4v) is 8.12. The number of hydrogen-bond donors (Lipinski definition) is 6. The number of aliphatic carboxylic acids is 2. The van der Waals surface area contributed by atoms with Crippen LogP contribution in [0.1, 0.15) is 55.7 Å². The van der Waals surface area contributed by atoms with E-state index in [1.54, 1.807) is 0 Å². The second kappa shape index (κ2) is 32.2. The van der Waals surface area contributed by atoms with Crippen LogP contribution in [0.5, 0.6) is 0 Å². The van der Waals surface area contributed by atoms with E-state index in [9.17, 15) is 24.3 Å². The fourth-order valence-electron chi connectivity index (χ4n) is 7.12. The average molecular weight is 976 g/mol. The first-order valence-electron chi connectivity index (χ1n) is 23.5. The van der Waals surface area contributed by atoms with Gasteiger partial charge in [0.15, 0.2) is 5.82 Å². The number of unbranched alkanes of at least 4 members (excludes halogenated alkanes) is 2. The molecule has 0 bridgehead atoms. The summed E-state index contributed by atoms with van der Waals surface area (Å²) >= 11 is 0.814. The Morgan fingerprint density at radius 1 is 0.779 bits per heavy atom. The SMILES string of the molecule is CCCCCNc1nc(N)nc2ccn(Cc3ccc(CN4CCN(C(=O)CCOCCOCCOCCOCCOCCOCCNC(=O)C[C@@H](SC[C@H](N)C(=O)O)C(=O)O)CC4)cc3C)c12. The Kier molecular flexibility index (Phi) is 26.5. The molecule has 1 aliphatic heterocycles. The summed E-state index contributed by atoms with van der Waals surface area (Å²) in [5.41, 5.74) is 16.9. The van der Waals surface area contributed by atoms with E-state index in [-0.39, 0.29) is 37.2 Å². The van der Waals surface area contributed by atoms with Gasteiger partial charge in [0.2, 0.25) is 17.8 Å². The quantitative estimate of drug-likeness (QED) is 0.0452. The number of carbonyl (C=O) groups is 4. The van der Waals surface area contributed by atoms with Gasteiger partial charge in [-0.25, -0.2) is 4.98 Å². The number of anilines is 2. The minimum atomic E-state index is -1.24. The molecule has 21 nitrogen and oxygen atoms in total. The number of thioether (sulfide) groups is 1. The molecule has 380 valence electrons. The molecule has 4 rings (SSSR count). The zero-order chi connectivity index (χ0) is 48.9. The molecular weight excluding hydrogens is 903 g/mol. The van der Waals surface area contributed by atoms with Gasteiger partial charge in [-0.15, -0.1) is 11.8 Å². The van der Waals surface area contributed by atoms with Crippen LogP contribution < -0.4 is 22.1 Å². The Balaban J connectivity index is 0.928. The number of aryl methyl sites for hydroxylation is 1. The molecule has 2 amide bonds. The van der Waals surface area contributed by atoms with E-state index in [0.717, 1.165) is 74.1 Å². The largest absolute Gasteiger partial charge is 0.480 e. The number of nitrogen functional groups attached to an aromatic ring is 1. The summed E-state index contributed by atoms with van der Waals surface area (Å²) in [5.74, 6) is -1.90. The molecule has 1 fully saturated rings. The van der Waals surface area contributed by atoms with Gasteiger partial charge >= 0.3 is 11.9 Å². The Labute approximate surface area is 403 Å². The highest BCUT2D eigenvalue weighted by molar-refractivity contribution is 8.00. The molecule has 0 radical (unpaired) electrons. The lowest BCUT2D eigenvalue weighted by Crippen LogP contribution is -2.48. The van der Waals surface area contributed by atoms with E-state index in [1.165, 1.54) is 16.7 Å². The molecule has 8 N–H and O–H groups in total. The third-order valence-corrected chi connectivity index (χ3v) is 12.2. The number of carboxylic acids is 2. The number of aromatic nitrogens is 3. The van der Waals surface area contributed by atoms with Crippen LogP contribution in [0.15, 0.2) is 30.5 Å².